The highest BCUT2D eigenvalue weighted by Gasteiger charge is 2.29. The summed E-state index contributed by atoms with van der Waals surface area (Å²) in [5.41, 5.74) is 4.63. The number of hydrogen-bond acceptors (Lipinski definition) is 3. The zero-order chi connectivity index (χ0) is 17.6. The summed E-state index contributed by atoms with van der Waals surface area (Å²) in [5, 5.41) is 8.13. The third-order valence-electron chi connectivity index (χ3n) is 4.55. The number of amides is 1. The number of nitrogens with one attached hydrogen (secondary N) is 1. The molecule has 0 unspecified atom stereocenters. The van der Waals surface area contributed by atoms with Gasteiger partial charge in [-0.3, -0.25) is 9.48 Å². The summed E-state index contributed by atoms with van der Waals surface area (Å²) in [4.78, 5) is 12.6. The lowest BCUT2D eigenvalue weighted by molar-refractivity contribution is 0.0994. The molecule has 0 fully saturated rings. The minimum Gasteiger partial charge on any atom is -0.455 e. The SMILES string of the molecule is CCn1cc2c(n1)-c1c(oc(C(=O)Nc3ccc(Cl)cc3)c1C)CC2. The van der Waals surface area contributed by atoms with Crippen molar-refractivity contribution in [2.24, 2.45) is 0 Å². The van der Waals surface area contributed by atoms with Crippen LogP contribution < -0.4 is 5.32 Å². The Morgan fingerprint density at radius 1 is 1.32 bits per heavy atom. The fraction of sp³-hybridized carbons (Fsp3) is 0.263. The van der Waals surface area contributed by atoms with E-state index in [1.165, 1.54) is 5.56 Å². The third-order valence-corrected chi connectivity index (χ3v) is 4.80. The molecule has 2 heterocycles. The minimum absolute atomic E-state index is 0.259. The Balaban J connectivity index is 1.69. The summed E-state index contributed by atoms with van der Waals surface area (Å²) >= 11 is 5.88. The van der Waals surface area contributed by atoms with E-state index in [0.29, 0.717) is 16.5 Å². The number of nitrogens with zero attached hydrogens (tertiary/aromatic N) is 2. The molecule has 128 valence electrons. The maximum Gasteiger partial charge on any atom is 0.291 e. The molecule has 1 aromatic carbocycles. The van der Waals surface area contributed by atoms with Crippen LogP contribution in [0, 0.1) is 6.92 Å². The van der Waals surface area contributed by atoms with E-state index in [0.717, 1.165) is 42.0 Å². The quantitative estimate of drug-likeness (QED) is 0.753. The number of benzene rings is 1. The van der Waals surface area contributed by atoms with Crippen molar-refractivity contribution in [3.8, 4) is 11.3 Å². The molecule has 1 aliphatic carbocycles. The second-order valence-electron chi connectivity index (χ2n) is 6.17. The average Bonchev–Trinajstić information content (AvgIpc) is 3.17. The van der Waals surface area contributed by atoms with Gasteiger partial charge in [0.05, 0.1) is 5.69 Å². The molecule has 0 atom stereocenters. The summed E-state index contributed by atoms with van der Waals surface area (Å²) in [7, 11) is 0. The second-order valence-corrected chi connectivity index (χ2v) is 6.61. The molecule has 4 rings (SSSR count). The molecule has 5 nitrogen and oxygen atoms in total. The lowest BCUT2D eigenvalue weighted by Gasteiger charge is -2.09. The van der Waals surface area contributed by atoms with Gasteiger partial charge in [0.1, 0.15) is 5.76 Å². The Hall–Kier alpha value is -2.53. The minimum atomic E-state index is -0.259. The lowest BCUT2D eigenvalue weighted by Crippen LogP contribution is -2.12. The summed E-state index contributed by atoms with van der Waals surface area (Å²) in [6.45, 7) is 4.80. The van der Waals surface area contributed by atoms with Crippen LogP contribution in [0.5, 0.6) is 0 Å². The molecule has 2 aromatic heterocycles. The summed E-state index contributed by atoms with van der Waals surface area (Å²) in [6, 6.07) is 7.00. The smallest absolute Gasteiger partial charge is 0.291 e. The maximum absolute atomic E-state index is 12.6. The molecule has 1 amide bonds. The van der Waals surface area contributed by atoms with Crippen LogP contribution in [0.3, 0.4) is 0 Å². The lowest BCUT2D eigenvalue weighted by atomic mass is 9.93. The molecular formula is C19H18ClN3O2. The molecule has 0 radical (unpaired) electrons. The van der Waals surface area contributed by atoms with E-state index in [1.54, 1.807) is 24.3 Å². The molecule has 0 saturated carbocycles. The largest absolute Gasteiger partial charge is 0.455 e. The predicted molar refractivity (Wildman–Crippen MR) is 97.2 cm³/mol. The highest BCUT2D eigenvalue weighted by Crippen LogP contribution is 2.38. The Morgan fingerprint density at radius 3 is 2.80 bits per heavy atom. The van der Waals surface area contributed by atoms with Gasteiger partial charge < -0.3 is 9.73 Å². The Kier molecular flexibility index (Phi) is 3.88. The van der Waals surface area contributed by atoms with Crippen LogP contribution in [-0.4, -0.2) is 15.7 Å². The molecular weight excluding hydrogens is 338 g/mol. The second kappa shape index (κ2) is 6.08. The number of aromatic nitrogens is 2. The standard InChI is InChI=1S/C19H18ClN3O2/c1-3-23-10-12-4-9-15-16(17(12)22-23)11(2)18(25-15)19(24)21-14-7-5-13(20)6-8-14/h5-8,10H,3-4,9H2,1-2H3,(H,21,24). The van der Waals surface area contributed by atoms with E-state index in [2.05, 4.69) is 23.5 Å². The van der Waals surface area contributed by atoms with Gasteiger partial charge in [0.25, 0.3) is 5.91 Å². The number of carbonyl (C=O) groups is 1. The summed E-state index contributed by atoms with van der Waals surface area (Å²) < 4.78 is 7.84. The van der Waals surface area contributed by atoms with Gasteiger partial charge in [-0.05, 0) is 50.1 Å². The number of anilines is 1. The number of hydrogen-bond donors (Lipinski definition) is 1. The van der Waals surface area contributed by atoms with E-state index >= 15 is 0 Å². The van der Waals surface area contributed by atoms with Gasteiger partial charge in [-0.25, -0.2) is 0 Å². The normalized spacial score (nSPS) is 12.6. The fourth-order valence-electron chi connectivity index (χ4n) is 3.26. The van der Waals surface area contributed by atoms with Gasteiger partial charge in [-0.2, -0.15) is 5.10 Å². The molecule has 0 spiro atoms. The van der Waals surface area contributed by atoms with Crippen molar-refractivity contribution in [3.05, 3.63) is 58.1 Å². The number of fused-ring (bicyclic) bond motifs is 3. The highest BCUT2D eigenvalue weighted by molar-refractivity contribution is 6.30. The van der Waals surface area contributed by atoms with Crippen molar-refractivity contribution < 1.29 is 9.21 Å². The van der Waals surface area contributed by atoms with E-state index in [4.69, 9.17) is 16.0 Å². The van der Waals surface area contributed by atoms with Crippen molar-refractivity contribution in [2.45, 2.75) is 33.2 Å². The first-order valence-electron chi connectivity index (χ1n) is 8.32. The predicted octanol–water partition coefficient (Wildman–Crippen LogP) is 4.48. The van der Waals surface area contributed by atoms with E-state index in [-0.39, 0.29) is 5.91 Å². The molecule has 6 heteroatoms. The fourth-order valence-corrected chi connectivity index (χ4v) is 3.39. The van der Waals surface area contributed by atoms with Gasteiger partial charge in [0.15, 0.2) is 5.76 Å². The zero-order valence-electron chi connectivity index (χ0n) is 14.1. The number of carbonyl (C=O) groups excluding carboxylic acids is 1. The number of furan rings is 1. The number of rotatable bonds is 3. The van der Waals surface area contributed by atoms with Crippen LogP contribution in [0.25, 0.3) is 11.3 Å². The van der Waals surface area contributed by atoms with Gasteiger partial charge in [-0.15, -0.1) is 0 Å². The van der Waals surface area contributed by atoms with Crippen LogP contribution in [-0.2, 0) is 19.4 Å². The molecule has 0 saturated heterocycles. The molecule has 25 heavy (non-hydrogen) atoms. The number of aryl methyl sites for hydroxylation is 3. The average molecular weight is 356 g/mol. The first-order valence-corrected chi connectivity index (χ1v) is 8.70. The monoisotopic (exact) mass is 355 g/mol. The van der Waals surface area contributed by atoms with Crippen molar-refractivity contribution >= 4 is 23.2 Å². The summed E-state index contributed by atoms with van der Waals surface area (Å²) in [5.74, 6) is 0.928. The Bertz CT molecular complexity index is 954. The van der Waals surface area contributed by atoms with Crippen molar-refractivity contribution in [1.29, 1.82) is 0 Å². The first-order chi connectivity index (χ1) is 12.1. The van der Waals surface area contributed by atoms with Gasteiger partial charge in [0.2, 0.25) is 0 Å². The molecule has 0 aliphatic heterocycles. The van der Waals surface area contributed by atoms with E-state index < -0.39 is 0 Å². The topological polar surface area (TPSA) is 60.1 Å². The zero-order valence-corrected chi connectivity index (χ0v) is 14.9. The van der Waals surface area contributed by atoms with Crippen LogP contribution in [0.1, 0.15) is 34.4 Å². The van der Waals surface area contributed by atoms with Crippen molar-refractivity contribution in [1.82, 2.24) is 9.78 Å². The summed E-state index contributed by atoms with van der Waals surface area (Å²) in [6.07, 6.45) is 3.75. The van der Waals surface area contributed by atoms with Gasteiger partial charge in [0, 0.05) is 41.0 Å². The molecule has 0 bridgehead atoms. The first kappa shape index (κ1) is 16.0. The maximum atomic E-state index is 12.6. The number of halogens is 1. The Labute approximate surface area is 150 Å². The molecule has 3 aromatic rings. The highest BCUT2D eigenvalue weighted by atomic mass is 35.5. The third kappa shape index (κ3) is 2.74. The van der Waals surface area contributed by atoms with E-state index in [9.17, 15) is 4.79 Å². The van der Waals surface area contributed by atoms with Gasteiger partial charge in [-0.1, -0.05) is 11.6 Å². The van der Waals surface area contributed by atoms with Gasteiger partial charge >= 0.3 is 0 Å². The van der Waals surface area contributed by atoms with Crippen molar-refractivity contribution in [3.63, 3.8) is 0 Å². The van der Waals surface area contributed by atoms with Crippen molar-refractivity contribution in [2.75, 3.05) is 5.32 Å². The van der Waals surface area contributed by atoms with Crippen LogP contribution in [0.4, 0.5) is 5.69 Å². The molecule has 1 N–H and O–H groups in total. The van der Waals surface area contributed by atoms with E-state index in [1.807, 2.05) is 11.6 Å². The van der Waals surface area contributed by atoms with Crippen LogP contribution in [0.15, 0.2) is 34.9 Å². The Morgan fingerprint density at radius 2 is 2.08 bits per heavy atom. The molecule has 1 aliphatic rings. The van der Waals surface area contributed by atoms with Crippen LogP contribution in [0.2, 0.25) is 5.02 Å². The van der Waals surface area contributed by atoms with Crippen LogP contribution >= 0.6 is 11.6 Å².